The van der Waals surface area contributed by atoms with Crippen LogP contribution in [0, 0.1) is 6.57 Å². The Labute approximate surface area is 255 Å². The molecule has 0 amide bonds. The first-order chi connectivity index (χ1) is 20.7. The molecule has 2 aliphatic heterocycles. The number of allylic oxidation sites excluding steroid dienone is 2. The summed E-state index contributed by atoms with van der Waals surface area (Å²) in [7, 11) is 0. The maximum absolute atomic E-state index is 7.92. The zero-order chi connectivity index (χ0) is 29.5. The van der Waals surface area contributed by atoms with Crippen LogP contribution in [0.4, 0.5) is 5.69 Å². The largest absolute Gasteiger partial charge is 0.310 e. The van der Waals surface area contributed by atoms with E-state index in [1.165, 1.54) is 21.2 Å². The van der Waals surface area contributed by atoms with E-state index in [0.29, 0.717) is 10.9 Å². The van der Waals surface area contributed by atoms with Gasteiger partial charge in [0.25, 0.3) is 0 Å². The molecule has 5 nitrogen and oxygen atoms in total. The molecule has 3 aliphatic rings. The van der Waals surface area contributed by atoms with Crippen molar-refractivity contribution in [2.75, 3.05) is 0 Å². The molecule has 1 fully saturated rings. The second kappa shape index (κ2) is 9.36. The molecule has 5 aromatic rings. The highest BCUT2D eigenvalue weighted by Crippen LogP contribution is 2.51. The van der Waals surface area contributed by atoms with E-state index in [1.54, 1.807) is 5.23 Å². The van der Waals surface area contributed by atoms with Gasteiger partial charge in [-0.2, -0.15) is 0 Å². The van der Waals surface area contributed by atoms with Crippen LogP contribution in [0.15, 0.2) is 114 Å². The van der Waals surface area contributed by atoms with Gasteiger partial charge in [-0.05, 0) is 99.0 Å². The second-order valence-electron chi connectivity index (χ2n) is 12.5. The predicted molar refractivity (Wildman–Crippen MR) is 174 cm³/mol. The van der Waals surface area contributed by atoms with Crippen molar-refractivity contribution in [2.24, 2.45) is 0 Å². The van der Waals surface area contributed by atoms with Gasteiger partial charge in [0.15, 0.2) is 5.69 Å². The fourth-order valence-corrected chi connectivity index (χ4v) is 7.61. The number of para-hydroxylation sites is 2. The highest BCUT2D eigenvalue weighted by Gasteiger charge is 2.50. The summed E-state index contributed by atoms with van der Waals surface area (Å²) >= 11 is 1.90. The number of aromatic nitrogens is 1. The molecule has 212 valence electrons. The van der Waals surface area contributed by atoms with Gasteiger partial charge in [0.2, 0.25) is 0 Å². The smallest absolute Gasteiger partial charge is 0.189 e. The molecule has 2 atom stereocenters. The van der Waals surface area contributed by atoms with Crippen LogP contribution in [-0.2, 0) is 9.68 Å². The summed E-state index contributed by atoms with van der Waals surface area (Å²) in [4.78, 5) is 17.6. The Bertz CT molecular complexity index is 1990. The number of hydroxylamine groups is 2. The van der Waals surface area contributed by atoms with Crippen LogP contribution in [0.1, 0.15) is 39.2 Å². The molecule has 0 spiro atoms. The van der Waals surface area contributed by atoms with Crippen molar-refractivity contribution in [3.05, 3.63) is 126 Å². The van der Waals surface area contributed by atoms with Crippen molar-refractivity contribution in [3.63, 3.8) is 0 Å². The van der Waals surface area contributed by atoms with Gasteiger partial charge in [0.05, 0.1) is 23.3 Å². The SMILES string of the molecule is [C-]#[N+]c1cc(-c2ccc3c(c2)C2C=C(N4OC(C)(C)C(C)(C)O4)C=CC2S3)cc(-n2c3ccccc3c3ccccc32)c1. The topological polar surface area (TPSA) is 31.0 Å². The molecule has 1 aliphatic carbocycles. The van der Waals surface area contributed by atoms with Crippen LogP contribution in [0.2, 0.25) is 0 Å². The molecule has 0 radical (unpaired) electrons. The molecule has 0 saturated carbocycles. The summed E-state index contributed by atoms with van der Waals surface area (Å²) in [6, 6.07) is 29.9. The van der Waals surface area contributed by atoms with Gasteiger partial charge in [-0.1, -0.05) is 48.5 Å². The monoisotopic (exact) mass is 581 g/mol. The number of thioether (sulfide) groups is 1. The molecular formula is C37H31N3O2S. The first-order valence-electron chi connectivity index (χ1n) is 14.6. The van der Waals surface area contributed by atoms with Crippen molar-refractivity contribution in [2.45, 2.75) is 55.0 Å². The molecule has 43 heavy (non-hydrogen) atoms. The summed E-state index contributed by atoms with van der Waals surface area (Å²) in [5.74, 6) is 0.194. The van der Waals surface area contributed by atoms with E-state index in [0.717, 1.165) is 33.5 Å². The number of nitrogens with zero attached hydrogens (tertiary/aromatic N) is 3. The molecule has 4 aromatic carbocycles. The minimum absolute atomic E-state index is 0.194. The molecule has 6 heteroatoms. The number of fused-ring (bicyclic) bond motifs is 6. The molecule has 0 bridgehead atoms. The van der Waals surface area contributed by atoms with Crippen LogP contribution in [0.25, 0.3) is 43.5 Å². The minimum Gasteiger partial charge on any atom is -0.310 e. The predicted octanol–water partition coefficient (Wildman–Crippen LogP) is 9.75. The summed E-state index contributed by atoms with van der Waals surface area (Å²) in [5, 5.41) is 4.33. The van der Waals surface area contributed by atoms with E-state index >= 15 is 0 Å². The van der Waals surface area contributed by atoms with Gasteiger partial charge in [-0.25, -0.2) is 14.5 Å². The molecule has 1 aromatic heterocycles. The summed E-state index contributed by atoms with van der Waals surface area (Å²) < 4.78 is 2.28. The molecular weight excluding hydrogens is 550 g/mol. The van der Waals surface area contributed by atoms with Gasteiger partial charge in [0.1, 0.15) is 11.2 Å². The van der Waals surface area contributed by atoms with E-state index in [-0.39, 0.29) is 5.92 Å². The van der Waals surface area contributed by atoms with Crippen molar-refractivity contribution in [3.8, 4) is 16.8 Å². The quantitative estimate of drug-likeness (QED) is 0.199. The van der Waals surface area contributed by atoms with E-state index in [1.807, 2.05) is 23.9 Å². The van der Waals surface area contributed by atoms with Crippen LogP contribution in [0.3, 0.4) is 0 Å². The number of hydrogen-bond acceptors (Lipinski definition) is 4. The fraction of sp³-hybridized carbons (Fsp3) is 0.216. The van der Waals surface area contributed by atoms with Gasteiger partial charge < -0.3 is 4.57 Å². The average molecular weight is 582 g/mol. The molecule has 1 saturated heterocycles. The first-order valence-corrected chi connectivity index (χ1v) is 15.5. The third-order valence-electron chi connectivity index (χ3n) is 9.28. The molecule has 2 unspecified atom stereocenters. The van der Waals surface area contributed by atoms with Crippen LogP contribution in [-0.4, -0.2) is 26.2 Å². The van der Waals surface area contributed by atoms with Crippen molar-refractivity contribution in [1.29, 1.82) is 0 Å². The minimum atomic E-state index is -0.448. The van der Waals surface area contributed by atoms with Crippen molar-refractivity contribution in [1.82, 2.24) is 9.79 Å². The van der Waals surface area contributed by atoms with Crippen LogP contribution < -0.4 is 0 Å². The number of hydrogen-bond donors (Lipinski definition) is 0. The standard InChI is InChI=1S/C37H31N3O2S/c1-36(2)37(3,4)42-40(41-36)26-15-17-35-31(22-26)30-20-23(14-16-34(30)43-35)24-18-25(38-5)21-27(19-24)39-32-12-8-6-10-28(32)29-11-7-9-13-33(29)39/h6-22,31,35H,1-4H3. The Balaban J connectivity index is 1.21. The lowest BCUT2D eigenvalue weighted by molar-refractivity contribution is -0.300. The van der Waals surface area contributed by atoms with Crippen LogP contribution >= 0.6 is 11.8 Å². The average Bonchev–Trinajstić information content (AvgIpc) is 3.62. The lowest BCUT2D eigenvalue weighted by atomic mass is 9.89. The summed E-state index contributed by atoms with van der Waals surface area (Å²) in [6.07, 6.45) is 6.63. The molecule has 8 rings (SSSR count). The fourth-order valence-electron chi connectivity index (χ4n) is 6.31. The number of benzene rings is 4. The van der Waals surface area contributed by atoms with Crippen molar-refractivity contribution < 1.29 is 9.68 Å². The van der Waals surface area contributed by atoms with E-state index in [2.05, 4.69) is 128 Å². The van der Waals surface area contributed by atoms with E-state index in [4.69, 9.17) is 16.2 Å². The normalized spacial score (nSPS) is 21.6. The summed E-state index contributed by atoms with van der Waals surface area (Å²) in [5.41, 5.74) is 7.33. The lowest BCUT2D eigenvalue weighted by Gasteiger charge is -2.26. The Morgan fingerprint density at radius 3 is 2.14 bits per heavy atom. The van der Waals surface area contributed by atoms with Gasteiger partial charge in [-0.3, -0.25) is 0 Å². The highest BCUT2D eigenvalue weighted by atomic mass is 32.2. The zero-order valence-corrected chi connectivity index (χ0v) is 25.4. The lowest BCUT2D eigenvalue weighted by Crippen LogP contribution is -2.41. The van der Waals surface area contributed by atoms with Crippen LogP contribution in [0.5, 0.6) is 0 Å². The Morgan fingerprint density at radius 1 is 0.791 bits per heavy atom. The highest BCUT2D eigenvalue weighted by molar-refractivity contribution is 8.00. The van der Waals surface area contributed by atoms with E-state index < -0.39 is 11.2 Å². The molecule has 0 N–H and O–H groups in total. The van der Waals surface area contributed by atoms with Gasteiger partial charge in [0, 0.05) is 32.5 Å². The third-order valence-corrected chi connectivity index (χ3v) is 10.6. The summed E-state index contributed by atoms with van der Waals surface area (Å²) in [6.45, 7) is 16.1. The Kier molecular flexibility index (Phi) is 5.74. The molecule has 3 heterocycles. The van der Waals surface area contributed by atoms with Gasteiger partial charge >= 0.3 is 0 Å². The van der Waals surface area contributed by atoms with Crippen molar-refractivity contribution >= 4 is 39.3 Å². The Morgan fingerprint density at radius 2 is 1.47 bits per heavy atom. The Hall–Kier alpha value is -4.28. The maximum atomic E-state index is 7.92. The zero-order valence-electron chi connectivity index (χ0n) is 24.5. The van der Waals surface area contributed by atoms with E-state index in [9.17, 15) is 0 Å². The first kappa shape index (κ1) is 26.4. The maximum Gasteiger partial charge on any atom is 0.189 e. The third kappa shape index (κ3) is 4.07. The van der Waals surface area contributed by atoms with Gasteiger partial charge in [-0.15, -0.1) is 17.0 Å². The second-order valence-corrected chi connectivity index (χ2v) is 13.7. The number of rotatable bonds is 3.